The maximum absolute atomic E-state index is 14.2. The van der Waals surface area contributed by atoms with Crippen LogP contribution in [0.1, 0.15) is 22.5 Å². The molecule has 7 nitrogen and oxygen atoms in total. The van der Waals surface area contributed by atoms with E-state index >= 15 is 0 Å². The Labute approximate surface area is 221 Å². The normalized spacial score (nSPS) is 12.9. The number of rotatable bonds is 4. The lowest BCUT2D eigenvalue weighted by atomic mass is 9.91. The van der Waals surface area contributed by atoms with Crippen LogP contribution < -0.4 is 11.1 Å². The molecule has 0 bridgehead atoms. The Bertz CT molecular complexity index is 1660. The molecule has 7 heteroatoms. The number of benzene rings is 2. The topological polar surface area (TPSA) is 56.9 Å². The van der Waals surface area contributed by atoms with Gasteiger partial charge >= 0.3 is 0 Å². The number of aromatic nitrogens is 4. The van der Waals surface area contributed by atoms with E-state index in [0.29, 0.717) is 16.7 Å². The number of hydrogen-bond acceptors (Lipinski definition) is 2. The molecule has 2 heterocycles. The van der Waals surface area contributed by atoms with Crippen molar-refractivity contribution >= 4 is 11.3 Å². The molecule has 0 atom stereocenters. The number of nitrogens with zero attached hydrogens (tertiary/aromatic N) is 5. The zero-order valence-electron chi connectivity index (χ0n) is 22.6. The Hall–Kier alpha value is -4.65. The summed E-state index contributed by atoms with van der Waals surface area (Å²) in [6.07, 6.45) is 8.00. The van der Waals surface area contributed by atoms with Gasteiger partial charge in [0.05, 0.1) is 22.5 Å². The van der Waals surface area contributed by atoms with Crippen molar-refractivity contribution < 1.29 is 4.58 Å². The molecule has 5 rings (SSSR count). The second kappa shape index (κ2) is 9.67. The second-order valence-corrected chi connectivity index (χ2v) is 9.69. The van der Waals surface area contributed by atoms with Crippen LogP contribution in [0.25, 0.3) is 16.9 Å². The first-order chi connectivity index (χ1) is 18.2. The summed E-state index contributed by atoms with van der Waals surface area (Å²) < 4.78 is 9.06. The molecule has 0 radical (unpaired) electrons. The van der Waals surface area contributed by atoms with E-state index in [9.17, 15) is 9.59 Å². The summed E-state index contributed by atoms with van der Waals surface area (Å²) in [6.45, 7) is 3.86. The van der Waals surface area contributed by atoms with Gasteiger partial charge < -0.3 is 0 Å². The molecule has 1 aliphatic rings. The summed E-state index contributed by atoms with van der Waals surface area (Å²) in [7, 11) is 7.72. The fourth-order valence-electron chi connectivity index (χ4n) is 5.05. The van der Waals surface area contributed by atoms with E-state index in [1.165, 1.54) is 0 Å². The molecule has 0 aliphatic heterocycles. The molecule has 0 amide bonds. The smallest absolute Gasteiger partial charge is 0.279 e. The van der Waals surface area contributed by atoms with Gasteiger partial charge in [-0.2, -0.15) is 0 Å². The highest BCUT2D eigenvalue weighted by molar-refractivity contribution is 6.04. The Morgan fingerprint density at radius 2 is 1.03 bits per heavy atom. The van der Waals surface area contributed by atoms with E-state index in [1.807, 2.05) is 141 Å². The van der Waals surface area contributed by atoms with Gasteiger partial charge in [-0.25, -0.2) is 13.9 Å². The number of hydrogen-bond donors (Lipinski definition) is 0. The van der Waals surface area contributed by atoms with Crippen LogP contribution in [0, 0.1) is 13.8 Å². The quantitative estimate of drug-likeness (QED) is 0.394. The average molecular weight is 507 g/mol. The van der Waals surface area contributed by atoms with Crippen LogP contribution in [0.15, 0.2) is 100 Å². The maximum atomic E-state index is 14.2. The minimum absolute atomic E-state index is 0.170. The largest absolute Gasteiger partial charge is 0.285 e. The predicted molar refractivity (Wildman–Crippen MR) is 153 cm³/mol. The zero-order valence-corrected chi connectivity index (χ0v) is 22.6. The van der Waals surface area contributed by atoms with Crippen LogP contribution in [0.3, 0.4) is 0 Å². The summed E-state index contributed by atoms with van der Waals surface area (Å²) in [5, 5.41) is 0. The highest BCUT2D eigenvalue weighted by Gasteiger charge is 2.29. The number of allylic oxidation sites excluding steroid dienone is 5. The van der Waals surface area contributed by atoms with Crippen molar-refractivity contribution in [2.24, 2.45) is 14.1 Å². The van der Waals surface area contributed by atoms with Crippen molar-refractivity contribution in [1.29, 1.82) is 0 Å². The molecule has 38 heavy (non-hydrogen) atoms. The molecule has 0 saturated heterocycles. The predicted octanol–water partition coefficient (Wildman–Crippen LogP) is 3.92. The molecule has 0 N–H and O–H groups in total. The SMILES string of the molecule is Cc1c(C(=C2C=CC(=[N+](C)C)C=C2)c2c(C)n(C)n(-c3ccccc3)c2=O)c(=O)n(-c2ccccc2)n1C. The Balaban J connectivity index is 1.87. The van der Waals surface area contributed by atoms with Gasteiger partial charge in [0.25, 0.3) is 11.1 Å². The first kappa shape index (κ1) is 25.0. The van der Waals surface area contributed by atoms with Gasteiger partial charge in [-0.1, -0.05) is 36.4 Å². The summed E-state index contributed by atoms with van der Waals surface area (Å²) in [6, 6.07) is 19.1. The maximum Gasteiger partial charge on any atom is 0.279 e. The standard InChI is InChI=1S/C31H32N5O2/c1-21-27(30(37)35(33(21)5)25-13-9-7-10-14-25)29(23-17-19-24(20-18-23)32(3)4)28-22(2)34(6)36(31(28)38)26-15-11-8-12-16-26/h7-20H,1-6H3/q+1. The molecule has 4 aromatic rings. The van der Waals surface area contributed by atoms with E-state index in [0.717, 1.165) is 34.0 Å². The third-order valence-corrected chi connectivity index (χ3v) is 7.28. The van der Waals surface area contributed by atoms with Crippen LogP contribution in [0.4, 0.5) is 0 Å². The van der Waals surface area contributed by atoms with Gasteiger partial charge in [-0.3, -0.25) is 19.0 Å². The van der Waals surface area contributed by atoms with Crippen molar-refractivity contribution in [3.8, 4) is 11.4 Å². The van der Waals surface area contributed by atoms with E-state index < -0.39 is 0 Å². The highest BCUT2D eigenvalue weighted by atomic mass is 16.1. The molecule has 0 saturated carbocycles. The van der Waals surface area contributed by atoms with E-state index in [-0.39, 0.29) is 11.1 Å². The van der Waals surface area contributed by atoms with Crippen LogP contribution in [0.5, 0.6) is 0 Å². The van der Waals surface area contributed by atoms with Gasteiger partial charge in [0.15, 0.2) is 5.71 Å². The summed E-state index contributed by atoms with van der Waals surface area (Å²) in [5.41, 5.74) is 6.26. The van der Waals surface area contributed by atoms with Crippen molar-refractivity contribution in [1.82, 2.24) is 18.7 Å². The van der Waals surface area contributed by atoms with Crippen LogP contribution in [-0.2, 0) is 14.1 Å². The van der Waals surface area contributed by atoms with Crippen LogP contribution in [0.2, 0.25) is 0 Å². The van der Waals surface area contributed by atoms with E-state index in [2.05, 4.69) is 0 Å². The van der Waals surface area contributed by atoms with Crippen molar-refractivity contribution in [3.05, 3.63) is 134 Å². The lowest BCUT2D eigenvalue weighted by Gasteiger charge is -2.11. The molecule has 0 unspecified atom stereocenters. The third kappa shape index (κ3) is 3.96. The summed E-state index contributed by atoms with van der Waals surface area (Å²) in [4.78, 5) is 28.3. The Kier molecular flexibility index (Phi) is 6.36. The summed E-state index contributed by atoms with van der Waals surface area (Å²) >= 11 is 0. The van der Waals surface area contributed by atoms with Crippen molar-refractivity contribution in [2.75, 3.05) is 14.1 Å². The Morgan fingerprint density at radius 3 is 1.39 bits per heavy atom. The third-order valence-electron chi connectivity index (χ3n) is 7.28. The minimum Gasteiger partial charge on any atom is -0.285 e. The lowest BCUT2D eigenvalue weighted by molar-refractivity contribution is -0.462. The van der Waals surface area contributed by atoms with E-state index in [1.54, 1.807) is 9.36 Å². The van der Waals surface area contributed by atoms with Gasteiger partial charge in [0.1, 0.15) is 14.1 Å². The molecule has 0 spiro atoms. The minimum atomic E-state index is -0.170. The van der Waals surface area contributed by atoms with Gasteiger partial charge in [0, 0.05) is 43.2 Å². The zero-order chi connectivity index (χ0) is 27.1. The van der Waals surface area contributed by atoms with E-state index in [4.69, 9.17) is 0 Å². The highest BCUT2D eigenvalue weighted by Crippen LogP contribution is 2.31. The first-order valence-electron chi connectivity index (χ1n) is 12.6. The molecular weight excluding hydrogens is 474 g/mol. The Morgan fingerprint density at radius 1 is 0.632 bits per heavy atom. The average Bonchev–Trinajstić information content (AvgIpc) is 3.28. The van der Waals surface area contributed by atoms with Gasteiger partial charge in [0.2, 0.25) is 0 Å². The summed E-state index contributed by atoms with van der Waals surface area (Å²) in [5.74, 6) is 0. The van der Waals surface area contributed by atoms with Gasteiger partial charge in [-0.05, 0) is 55.8 Å². The molecule has 1 aliphatic carbocycles. The molecule has 2 aromatic carbocycles. The molecule has 2 aromatic heterocycles. The van der Waals surface area contributed by atoms with Crippen LogP contribution in [-0.4, -0.2) is 43.1 Å². The lowest BCUT2D eigenvalue weighted by Crippen LogP contribution is -2.23. The first-order valence-corrected chi connectivity index (χ1v) is 12.6. The van der Waals surface area contributed by atoms with Crippen LogP contribution >= 0.6 is 0 Å². The molecular formula is C31H32N5O2+. The van der Waals surface area contributed by atoms with Crippen molar-refractivity contribution in [2.45, 2.75) is 13.8 Å². The fraction of sp³-hybridized carbons (Fsp3) is 0.194. The van der Waals surface area contributed by atoms with Crippen molar-refractivity contribution in [3.63, 3.8) is 0 Å². The second-order valence-electron chi connectivity index (χ2n) is 9.69. The monoisotopic (exact) mass is 506 g/mol. The number of para-hydroxylation sites is 2. The molecule has 192 valence electrons. The fourth-order valence-corrected chi connectivity index (χ4v) is 5.05. The van der Waals surface area contributed by atoms with Gasteiger partial charge in [-0.15, -0.1) is 0 Å². The molecule has 0 fully saturated rings.